The molecule has 0 spiro atoms. The van der Waals surface area contributed by atoms with E-state index >= 15 is 0 Å². The minimum absolute atomic E-state index is 0.0486. The number of sulfonamides is 1. The van der Waals surface area contributed by atoms with Crippen molar-refractivity contribution in [3.05, 3.63) is 54.0 Å². The number of pyridine rings is 1. The monoisotopic (exact) mass is 309 g/mol. The molecule has 0 radical (unpaired) electrons. The van der Waals surface area contributed by atoms with E-state index in [0.717, 1.165) is 4.31 Å². The molecule has 1 N–H and O–H groups in total. The molecule has 0 fully saturated rings. The molecule has 0 aliphatic carbocycles. The van der Waals surface area contributed by atoms with Crippen LogP contribution in [0.15, 0.2) is 47.5 Å². The highest BCUT2D eigenvalue weighted by molar-refractivity contribution is 7.89. The lowest BCUT2D eigenvalue weighted by Gasteiger charge is -2.19. The summed E-state index contributed by atoms with van der Waals surface area (Å²) in [6, 6.07) is 9.11. The molecule has 0 unspecified atom stereocenters. The molecule has 2 aromatic rings. The summed E-state index contributed by atoms with van der Waals surface area (Å²) < 4.78 is 39.8. The van der Waals surface area contributed by atoms with E-state index in [1.54, 1.807) is 31.3 Å². The number of rotatable bonds is 5. The molecular formula is C14H16FN3O2S. The molecule has 2 rings (SSSR count). The quantitative estimate of drug-likeness (QED) is 0.918. The molecule has 0 amide bonds. The van der Waals surface area contributed by atoms with Gasteiger partial charge in [-0.2, -0.15) is 4.31 Å². The van der Waals surface area contributed by atoms with E-state index in [4.69, 9.17) is 0 Å². The van der Waals surface area contributed by atoms with Gasteiger partial charge in [-0.25, -0.2) is 17.8 Å². The van der Waals surface area contributed by atoms with E-state index in [2.05, 4.69) is 10.3 Å². The predicted molar refractivity (Wildman–Crippen MR) is 78.8 cm³/mol. The topological polar surface area (TPSA) is 62.3 Å². The molecule has 7 heteroatoms. The number of aromatic nitrogens is 1. The second kappa shape index (κ2) is 6.19. The molecular weight excluding hydrogens is 293 g/mol. The fourth-order valence-electron chi connectivity index (χ4n) is 1.91. The van der Waals surface area contributed by atoms with Crippen LogP contribution >= 0.6 is 0 Å². The van der Waals surface area contributed by atoms with Crippen LogP contribution in [0.1, 0.15) is 5.56 Å². The number of benzene rings is 1. The van der Waals surface area contributed by atoms with Gasteiger partial charge in [0.15, 0.2) is 0 Å². The third-order valence-corrected chi connectivity index (χ3v) is 4.88. The molecule has 0 atom stereocenters. The van der Waals surface area contributed by atoms with Crippen molar-refractivity contribution in [1.82, 2.24) is 9.29 Å². The first-order valence-corrected chi connectivity index (χ1v) is 7.73. The fraction of sp³-hybridized carbons (Fsp3) is 0.214. The van der Waals surface area contributed by atoms with E-state index in [9.17, 15) is 12.8 Å². The van der Waals surface area contributed by atoms with E-state index < -0.39 is 15.8 Å². The summed E-state index contributed by atoms with van der Waals surface area (Å²) >= 11 is 0. The zero-order valence-electron chi connectivity index (χ0n) is 11.7. The minimum atomic E-state index is -3.76. The van der Waals surface area contributed by atoms with Gasteiger partial charge in [-0.1, -0.05) is 18.2 Å². The van der Waals surface area contributed by atoms with Crippen molar-refractivity contribution in [2.24, 2.45) is 0 Å². The van der Waals surface area contributed by atoms with Gasteiger partial charge >= 0.3 is 0 Å². The summed E-state index contributed by atoms with van der Waals surface area (Å²) in [6.07, 6.45) is 1.50. The molecule has 112 valence electrons. The Morgan fingerprint density at radius 1 is 1.24 bits per heavy atom. The smallest absolute Gasteiger partial charge is 0.246 e. The van der Waals surface area contributed by atoms with Crippen LogP contribution in [0, 0.1) is 5.82 Å². The largest absolute Gasteiger partial charge is 0.372 e. The Labute approximate surface area is 123 Å². The molecule has 0 saturated carbocycles. The molecule has 5 nitrogen and oxygen atoms in total. The first-order valence-electron chi connectivity index (χ1n) is 6.29. The van der Waals surface area contributed by atoms with Crippen molar-refractivity contribution < 1.29 is 12.8 Å². The van der Waals surface area contributed by atoms with E-state index in [1.807, 2.05) is 0 Å². The maximum Gasteiger partial charge on any atom is 0.246 e. The number of nitrogens with zero attached hydrogens (tertiary/aromatic N) is 2. The normalized spacial score (nSPS) is 11.6. The van der Waals surface area contributed by atoms with Crippen LogP contribution in [0.3, 0.4) is 0 Å². The molecule has 0 aliphatic heterocycles. The lowest BCUT2D eigenvalue weighted by atomic mass is 10.2. The van der Waals surface area contributed by atoms with Crippen LogP contribution in [0.25, 0.3) is 0 Å². The van der Waals surface area contributed by atoms with E-state index in [1.165, 1.54) is 25.4 Å². The Morgan fingerprint density at radius 3 is 2.62 bits per heavy atom. The van der Waals surface area contributed by atoms with Gasteiger partial charge in [-0.15, -0.1) is 0 Å². The number of halogens is 1. The number of hydrogen-bond donors (Lipinski definition) is 1. The van der Waals surface area contributed by atoms with Crippen molar-refractivity contribution in [2.45, 2.75) is 11.4 Å². The first-order chi connectivity index (χ1) is 9.96. The van der Waals surface area contributed by atoms with Gasteiger partial charge in [0.25, 0.3) is 0 Å². The van der Waals surface area contributed by atoms with Crippen LogP contribution in [-0.4, -0.2) is 31.8 Å². The molecule has 1 aromatic heterocycles. The minimum Gasteiger partial charge on any atom is -0.372 e. The lowest BCUT2D eigenvalue weighted by molar-refractivity contribution is 0.456. The van der Waals surface area contributed by atoms with Crippen LogP contribution < -0.4 is 5.32 Å². The first kappa shape index (κ1) is 15.4. The van der Waals surface area contributed by atoms with Crippen LogP contribution in [0.4, 0.5) is 10.2 Å². The lowest BCUT2D eigenvalue weighted by Crippen LogP contribution is -2.27. The van der Waals surface area contributed by atoms with Crippen molar-refractivity contribution in [1.29, 1.82) is 0 Å². The second-order valence-electron chi connectivity index (χ2n) is 4.45. The van der Waals surface area contributed by atoms with Crippen LogP contribution in [-0.2, 0) is 16.6 Å². The maximum atomic E-state index is 13.6. The summed E-state index contributed by atoms with van der Waals surface area (Å²) in [5.74, 6) is -0.169. The molecule has 21 heavy (non-hydrogen) atoms. The van der Waals surface area contributed by atoms with E-state index in [0.29, 0.717) is 5.56 Å². The van der Waals surface area contributed by atoms with Crippen molar-refractivity contribution in [3.8, 4) is 0 Å². The zero-order valence-corrected chi connectivity index (χ0v) is 12.6. The standard InChI is InChI=1S/C14H16FN3O2S/c1-16-14-13(8-5-9-17-14)21(19,20)18(2)10-11-6-3-4-7-12(11)15/h3-9H,10H2,1-2H3,(H,16,17). The summed E-state index contributed by atoms with van der Waals surface area (Å²) in [5.41, 5.74) is 0.318. The third kappa shape index (κ3) is 3.20. The van der Waals surface area contributed by atoms with Gasteiger partial charge in [0, 0.05) is 32.4 Å². The van der Waals surface area contributed by atoms with Crippen molar-refractivity contribution in [2.75, 3.05) is 19.4 Å². The highest BCUT2D eigenvalue weighted by Crippen LogP contribution is 2.22. The highest BCUT2D eigenvalue weighted by atomic mass is 32.2. The average molecular weight is 309 g/mol. The Balaban J connectivity index is 2.33. The summed E-state index contributed by atoms with van der Waals surface area (Å²) in [5, 5.41) is 2.74. The summed E-state index contributed by atoms with van der Waals surface area (Å²) in [7, 11) is -0.749. The zero-order chi connectivity index (χ0) is 15.5. The Morgan fingerprint density at radius 2 is 1.95 bits per heavy atom. The fourth-order valence-corrected chi connectivity index (χ4v) is 3.20. The molecule has 0 aliphatic rings. The van der Waals surface area contributed by atoms with Gasteiger partial charge in [0.05, 0.1) is 0 Å². The van der Waals surface area contributed by atoms with Crippen LogP contribution in [0.5, 0.6) is 0 Å². The van der Waals surface area contributed by atoms with Crippen LogP contribution in [0.2, 0.25) is 0 Å². The Hall–Kier alpha value is -1.99. The van der Waals surface area contributed by atoms with Gasteiger partial charge in [-0.05, 0) is 18.2 Å². The summed E-state index contributed by atoms with van der Waals surface area (Å²) in [4.78, 5) is 4.04. The Kier molecular flexibility index (Phi) is 4.54. The van der Waals surface area contributed by atoms with Gasteiger partial charge in [0.2, 0.25) is 10.0 Å². The maximum absolute atomic E-state index is 13.6. The second-order valence-corrected chi connectivity index (χ2v) is 6.47. The SMILES string of the molecule is CNc1ncccc1S(=O)(=O)N(C)Cc1ccccc1F. The molecule has 0 bridgehead atoms. The average Bonchev–Trinajstić information content (AvgIpc) is 2.49. The van der Waals surface area contributed by atoms with E-state index in [-0.39, 0.29) is 17.3 Å². The Bertz CT molecular complexity index is 735. The van der Waals surface area contributed by atoms with Gasteiger partial charge < -0.3 is 5.32 Å². The van der Waals surface area contributed by atoms with Crippen molar-refractivity contribution >= 4 is 15.8 Å². The predicted octanol–water partition coefficient (Wildman–Crippen LogP) is 2.08. The van der Waals surface area contributed by atoms with Crippen molar-refractivity contribution in [3.63, 3.8) is 0 Å². The highest BCUT2D eigenvalue weighted by Gasteiger charge is 2.25. The van der Waals surface area contributed by atoms with Gasteiger partial charge in [0.1, 0.15) is 16.5 Å². The number of hydrogen-bond acceptors (Lipinski definition) is 4. The number of nitrogens with one attached hydrogen (secondary N) is 1. The van der Waals surface area contributed by atoms with Gasteiger partial charge in [-0.3, -0.25) is 0 Å². The summed E-state index contributed by atoms with van der Waals surface area (Å²) in [6.45, 7) is -0.0486. The third-order valence-electron chi connectivity index (χ3n) is 3.05. The molecule has 1 heterocycles. The number of anilines is 1. The molecule has 0 saturated heterocycles. The molecule has 1 aromatic carbocycles.